The van der Waals surface area contributed by atoms with Gasteiger partial charge in [-0.2, -0.15) is 0 Å². The Bertz CT molecular complexity index is 145. The average Bonchev–Trinajstić information content (AvgIpc) is 1.21. The van der Waals surface area contributed by atoms with Gasteiger partial charge in [0.25, 0.3) is 0 Å². The van der Waals surface area contributed by atoms with Crippen LogP contribution in [0.15, 0.2) is 0 Å². The second-order valence-electron chi connectivity index (χ2n) is 1.14. The van der Waals surface area contributed by atoms with Gasteiger partial charge in [0.1, 0.15) is 0 Å². The number of carbonyl (C=O) groups excluding carboxylic acids is 1. The number of carbonyl (C=O) groups is 1. The third kappa shape index (κ3) is 51.9. The van der Waals surface area contributed by atoms with Gasteiger partial charge >= 0.3 is 0 Å². The van der Waals surface area contributed by atoms with Crippen molar-refractivity contribution in [2.75, 3.05) is 6.16 Å². The molecule has 0 unspecified atom stereocenters. The average molecular weight is 227 g/mol. The topological polar surface area (TPSA) is 276 Å². The van der Waals surface area contributed by atoms with Crippen molar-refractivity contribution in [1.29, 1.82) is 0 Å². The molecular weight excluding hydrogens is 209 g/mol. The van der Waals surface area contributed by atoms with Crippen molar-refractivity contribution in [3.63, 3.8) is 0 Å². The molecule has 0 heterocycles. The lowest BCUT2D eigenvalue weighted by atomic mass is 10.8. The number of hydrogen-bond acceptors (Lipinski definition) is 5. The number of carboxylic acids is 1. The second kappa shape index (κ2) is 14.0. The summed E-state index contributed by atoms with van der Waals surface area (Å²) in [6.45, 7) is 0. The highest BCUT2D eigenvalue weighted by atomic mass is 31.2. The molecule has 0 atom stereocenters. The van der Waals surface area contributed by atoms with E-state index in [-0.39, 0.29) is 29.4 Å². The molecule has 0 amide bonds. The second-order valence-corrected chi connectivity index (χ2v) is 2.68. The van der Waals surface area contributed by atoms with Crippen molar-refractivity contribution < 1.29 is 35.2 Å². The molecule has 0 radical (unpaired) electrons. The highest BCUT2D eigenvalue weighted by molar-refractivity contribution is 7.49. The molecule has 0 aliphatic heterocycles. The van der Waals surface area contributed by atoms with Crippen LogP contribution in [0.5, 0.6) is 0 Å². The molecule has 0 aromatic heterocycles. The Labute approximate surface area is 74.5 Å². The molecule has 0 aliphatic carbocycles. The first-order valence-corrected chi connectivity index (χ1v) is 3.35. The first-order valence-electron chi connectivity index (χ1n) is 1.63. The molecule has 13 heavy (non-hydrogen) atoms. The fourth-order valence-electron chi connectivity index (χ4n) is 0.158. The number of quaternary nitrogens is 3. The molecule has 0 aromatic rings. The van der Waals surface area contributed by atoms with Crippen LogP contribution in [-0.2, 0) is 9.36 Å². The third-order valence-electron chi connectivity index (χ3n) is 0.323. The predicted molar refractivity (Wildman–Crippen MR) is 42.7 cm³/mol. The molecule has 88 valence electrons. The smallest absolute Gasteiger partial charge is 0.0464 e. The minimum absolute atomic E-state index is 0. The van der Waals surface area contributed by atoms with Gasteiger partial charge in [0.15, 0.2) is 0 Å². The van der Waals surface area contributed by atoms with Gasteiger partial charge in [-0.05, 0) is 0 Å². The highest BCUT2D eigenvalue weighted by Crippen LogP contribution is 2.20. The predicted octanol–water partition coefficient (Wildman–Crippen LogP) is -3.87. The highest BCUT2D eigenvalue weighted by Gasteiger charge is 1.88. The number of hydrogen-bond donors (Lipinski definition) is 3. The van der Waals surface area contributed by atoms with E-state index in [1.165, 1.54) is 0 Å². The lowest BCUT2D eigenvalue weighted by Gasteiger charge is -2.29. The Morgan fingerprint density at radius 1 is 1.08 bits per heavy atom. The van der Waals surface area contributed by atoms with Gasteiger partial charge in [-0.1, -0.05) is 7.60 Å². The molecule has 10 nitrogen and oxygen atoms in total. The van der Waals surface area contributed by atoms with E-state index in [0.717, 1.165) is 0 Å². The molecule has 0 saturated carbocycles. The van der Waals surface area contributed by atoms with Crippen LogP contribution in [0.1, 0.15) is 0 Å². The SMILES string of the molecule is O.O.O=C([O-])CP(=O)([O-])[O-].[NH4+].[NH4+].[NH4+]. The maximum absolute atomic E-state index is 9.49. The van der Waals surface area contributed by atoms with Gasteiger partial charge in [0.2, 0.25) is 0 Å². The van der Waals surface area contributed by atoms with Crippen LogP contribution >= 0.6 is 7.60 Å². The number of carboxylic acid groups (broad SMARTS) is 1. The monoisotopic (exact) mass is 227 g/mol. The summed E-state index contributed by atoms with van der Waals surface area (Å²) in [6.07, 6.45) is -1.42. The fourth-order valence-corrected chi connectivity index (χ4v) is 0.474. The van der Waals surface area contributed by atoms with Crippen LogP contribution in [0.25, 0.3) is 0 Å². The molecule has 0 saturated heterocycles. The largest absolute Gasteiger partial charge is 0.810 e. The summed E-state index contributed by atoms with van der Waals surface area (Å²) in [7, 11) is -4.88. The van der Waals surface area contributed by atoms with Gasteiger partial charge in [-0.15, -0.1) is 0 Å². The van der Waals surface area contributed by atoms with Crippen molar-refractivity contribution in [2.45, 2.75) is 0 Å². The molecule has 0 aromatic carbocycles. The van der Waals surface area contributed by atoms with E-state index >= 15 is 0 Å². The summed E-state index contributed by atoms with van der Waals surface area (Å²) >= 11 is 0. The zero-order valence-corrected chi connectivity index (χ0v) is 8.59. The van der Waals surface area contributed by atoms with E-state index in [2.05, 4.69) is 0 Å². The zero-order valence-electron chi connectivity index (χ0n) is 7.70. The fraction of sp³-hybridized carbons (Fsp3) is 0.500. The Morgan fingerprint density at radius 2 is 1.31 bits per heavy atom. The van der Waals surface area contributed by atoms with Crippen molar-refractivity contribution in [1.82, 2.24) is 18.5 Å². The molecule has 0 aliphatic rings. The Kier molecular flexibility index (Phi) is 42.2. The first-order chi connectivity index (χ1) is 3.42. The minimum Gasteiger partial charge on any atom is -0.810 e. The summed E-state index contributed by atoms with van der Waals surface area (Å²) in [6, 6.07) is 0. The maximum Gasteiger partial charge on any atom is 0.0464 e. The summed E-state index contributed by atoms with van der Waals surface area (Å²) in [5.74, 6) is -1.86. The Hall–Kier alpha value is -0.580. The molecule has 11 heteroatoms. The van der Waals surface area contributed by atoms with Gasteiger partial charge in [0.05, 0.1) is 0 Å². The lowest BCUT2D eigenvalue weighted by molar-refractivity contribution is -0.322. The van der Waals surface area contributed by atoms with Crippen LogP contribution in [0.2, 0.25) is 0 Å². The van der Waals surface area contributed by atoms with E-state index in [4.69, 9.17) is 0 Å². The van der Waals surface area contributed by atoms with E-state index in [9.17, 15) is 24.3 Å². The minimum atomic E-state index is -4.88. The quantitative estimate of drug-likeness (QED) is 0.397. The van der Waals surface area contributed by atoms with Gasteiger partial charge < -0.3 is 53.7 Å². The molecule has 0 fully saturated rings. The molecule has 0 spiro atoms. The van der Waals surface area contributed by atoms with Crippen molar-refractivity contribution >= 4 is 13.6 Å². The number of rotatable bonds is 2. The third-order valence-corrected chi connectivity index (χ3v) is 0.968. The van der Waals surface area contributed by atoms with Crippen molar-refractivity contribution in [2.24, 2.45) is 0 Å². The lowest BCUT2D eigenvalue weighted by Crippen LogP contribution is -2.31. The maximum atomic E-state index is 9.49. The molecule has 16 N–H and O–H groups in total. The van der Waals surface area contributed by atoms with E-state index in [1.807, 2.05) is 0 Å². The van der Waals surface area contributed by atoms with Gasteiger partial charge in [0, 0.05) is 12.1 Å². The summed E-state index contributed by atoms with van der Waals surface area (Å²) in [4.78, 5) is 28.3. The van der Waals surface area contributed by atoms with Gasteiger partial charge in [-0.25, -0.2) is 0 Å². The normalized spacial score (nSPS) is 6.92. The molecular formula is C2H18N3O7P. The van der Waals surface area contributed by atoms with Crippen LogP contribution in [0.4, 0.5) is 0 Å². The molecule has 0 bridgehead atoms. The van der Waals surface area contributed by atoms with Crippen LogP contribution in [0, 0.1) is 0 Å². The standard InChI is InChI=1S/C2H5O5P.3H3N.2H2O/c3-2(4)1-8(5,6)7;;;;;/h1H2,(H,3,4)(H2,5,6,7);3*1H3;2*1H2. The van der Waals surface area contributed by atoms with Crippen molar-refractivity contribution in [3.8, 4) is 0 Å². The summed E-state index contributed by atoms with van der Waals surface area (Å²) < 4.78 is 9.49. The van der Waals surface area contributed by atoms with E-state index in [0.29, 0.717) is 0 Å². The van der Waals surface area contributed by atoms with Gasteiger partial charge in [-0.3, -0.25) is 0 Å². The van der Waals surface area contributed by atoms with Crippen LogP contribution in [-0.4, -0.2) is 23.1 Å². The zero-order chi connectivity index (χ0) is 6.78. The van der Waals surface area contributed by atoms with E-state index < -0.39 is 19.7 Å². The van der Waals surface area contributed by atoms with Crippen molar-refractivity contribution in [3.05, 3.63) is 0 Å². The Morgan fingerprint density at radius 3 is 1.31 bits per heavy atom. The molecule has 0 rings (SSSR count). The summed E-state index contributed by atoms with van der Waals surface area (Å²) in [5.41, 5.74) is 0. The number of aliphatic carboxylic acids is 1. The summed E-state index contributed by atoms with van der Waals surface area (Å²) in [5, 5.41) is 9.33. The first kappa shape index (κ1) is 39.3. The van der Waals surface area contributed by atoms with Crippen LogP contribution < -0.4 is 33.3 Å². The van der Waals surface area contributed by atoms with E-state index in [1.54, 1.807) is 0 Å². The Balaban J connectivity index is -0.0000000245. The van der Waals surface area contributed by atoms with Crippen LogP contribution in [0.3, 0.4) is 0 Å².